The van der Waals surface area contributed by atoms with Crippen molar-refractivity contribution in [1.29, 1.82) is 0 Å². The van der Waals surface area contributed by atoms with Crippen molar-refractivity contribution in [1.82, 2.24) is 0 Å². The third-order valence-corrected chi connectivity index (χ3v) is 3.11. The molecule has 0 radical (unpaired) electrons. The fraction of sp³-hybridized carbons (Fsp3) is 0.533. The Morgan fingerprint density at radius 2 is 1.88 bits per heavy atom. The van der Waals surface area contributed by atoms with Crippen molar-refractivity contribution in [2.45, 2.75) is 45.4 Å². The van der Waals surface area contributed by atoms with Crippen LogP contribution in [0.25, 0.3) is 0 Å². The van der Waals surface area contributed by atoms with Gasteiger partial charge in [-0.15, -0.1) is 0 Å². The first-order valence-corrected chi connectivity index (χ1v) is 6.33. The molecule has 1 aromatic carbocycles. The van der Waals surface area contributed by atoms with Gasteiger partial charge >= 0.3 is 5.97 Å². The first-order chi connectivity index (χ1) is 8.12. The third-order valence-electron chi connectivity index (χ3n) is 3.11. The predicted molar refractivity (Wildman–Crippen MR) is 70.0 cm³/mol. The predicted octanol–water partition coefficient (Wildman–Crippen LogP) is 3.70. The van der Waals surface area contributed by atoms with Crippen LogP contribution in [0.3, 0.4) is 0 Å². The molecular weight excluding hydrogens is 212 g/mol. The number of hydrogen-bond acceptors (Lipinski definition) is 2. The van der Waals surface area contributed by atoms with E-state index in [4.69, 9.17) is 4.74 Å². The van der Waals surface area contributed by atoms with Gasteiger partial charge in [-0.2, -0.15) is 0 Å². The van der Waals surface area contributed by atoms with Gasteiger partial charge in [0.1, 0.15) is 0 Å². The lowest BCUT2D eigenvalue weighted by Gasteiger charge is -2.29. The van der Waals surface area contributed by atoms with Gasteiger partial charge in [0.15, 0.2) is 0 Å². The normalized spacial score (nSPS) is 14.1. The Kier molecular flexibility index (Phi) is 5.20. The van der Waals surface area contributed by atoms with Crippen LogP contribution in [0.2, 0.25) is 0 Å². The molecule has 2 heteroatoms. The second-order valence-corrected chi connectivity index (χ2v) is 4.66. The molecule has 0 saturated heterocycles. The summed E-state index contributed by atoms with van der Waals surface area (Å²) in [5.41, 5.74) is 1.11. The van der Waals surface area contributed by atoms with Crippen molar-refractivity contribution in [3.05, 3.63) is 35.9 Å². The van der Waals surface area contributed by atoms with E-state index in [-0.39, 0.29) is 11.4 Å². The van der Waals surface area contributed by atoms with Crippen LogP contribution in [-0.2, 0) is 14.9 Å². The number of carbonyl (C=O) groups excluding carboxylic acids is 1. The standard InChI is InChI=1S/C15H22O2/c1-4-11-15(3,12-14(16)17-5-2)13-9-7-6-8-10-13/h6-10H,4-5,11-12H2,1-3H3. The molecule has 0 saturated carbocycles. The fourth-order valence-corrected chi connectivity index (χ4v) is 2.26. The van der Waals surface area contributed by atoms with E-state index in [1.54, 1.807) is 0 Å². The van der Waals surface area contributed by atoms with Gasteiger partial charge in [0, 0.05) is 5.41 Å². The van der Waals surface area contributed by atoms with Gasteiger partial charge in [0.25, 0.3) is 0 Å². The van der Waals surface area contributed by atoms with E-state index in [9.17, 15) is 4.79 Å². The number of rotatable bonds is 6. The summed E-state index contributed by atoms with van der Waals surface area (Å²) in [4.78, 5) is 11.7. The Morgan fingerprint density at radius 3 is 2.41 bits per heavy atom. The SMILES string of the molecule is CCCC(C)(CC(=O)OCC)c1ccccc1. The largest absolute Gasteiger partial charge is 0.466 e. The molecule has 1 aromatic rings. The smallest absolute Gasteiger partial charge is 0.306 e. The number of carbonyl (C=O) groups is 1. The van der Waals surface area contributed by atoms with Crippen molar-refractivity contribution in [3.8, 4) is 0 Å². The Bertz CT molecular complexity index is 345. The number of esters is 1. The lowest BCUT2D eigenvalue weighted by atomic mass is 9.76. The van der Waals surface area contributed by atoms with Crippen molar-refractivity contribution < 1.29 is 9.53 Å². The highest BCUT2D eigenvalue weighted by Gasteiger charge is 2.29. The summed E-state index contributed by atoms with van der Waals surface area (Å²) in [6.45, 7) is 6.59. The maximum atomic E-state index is 11.7. The Balaban J connectivity index is 2.86. The van der Waals surface area contributed by atoms with Crippen molar-refractivity contribution >= 4 is 5.97 Å². The van der Waals surface area contributed by atoms with E-state index in [1.807, 2.05) is 25.1 Å². The zero-order valence-corrected chi connectivity index (χ0v) is 11.0. The molecule has 0 heterocycles. The molecule has 0 aliphatic carbocycles. The third kappa shape index (κ3) is 3.88. The fourth-order valence-electron chi connectivity index (χ4n) is 2.26. The molecule has 0 amide bonds. The second kappa shape index (κ2) is 6.43. The van der Waals surface area contributed by atoms with Crippen LogP contribution in [-0.4, -0.2) is 12.6 Å². The van der Waals surface area contributed by atoms with E-state index in [0.29, 0.717) is 13.0 Å². The Labute approximate surface area is 104 Å². The highest BCUT2D eigenvalue weighted by molar-refractivity contribution is 5.71. The maximum absolute atomic E-state index is 11.7. The molecule has 1 unspecified atom stereocenters. The highest BCUT2D eigenvalue weighted by Crippen LogP contribution is 2.32. The quantitative estimate of drug-likeness (QED) is 0.701. The molecular formula is C15H22O2. The molecule has 2 nitrogen and oxygen atoms in total. The van der Waals surface area contributed by atoms with Gasteiger partial charge < -0.3 is 4.74 Å². The van der Waals surface area contributed by atoms with E-state index >= 15 is 0 Å². The summed E-state index contributed by atoms with van der Waals surface area (Å²) >= 11 is 0. The minimum Gasteiger partial charge on any atom is -0.466 e. The lowest BCUT2D eigenvalue weighted by molar-refractivity contribution is -0.144. The molecule has 0 N–H and O–H groups in total. The molecule has 0 aliphatic rings. The van der Waals surface area contributed by atoms with Crippen molar-refractivity contribution in [3.63, 3.8) is 0 Å². The lowest BCUT2D eigenvalue weighted by Crippen LogP contribution is -2.26. The zero-order chi connectivity index (χ0) is 12.7. The van der Waals surface area contributed by atoms with Crippen molar-refractivity contribution in [2.24, 2.45) is 0 Å². The highest BCUT2D eigenvalue weighted by atomic mass is 16.5. The van der Waals surface area contributed by atoms with Crippen LogP contribution < -0.4 is 0 Å². The Hall–Kier alpha value is -1.31. The van der Waals surface area contributed by atoms with Gasteiger partial charge in [0.05, 0.1) is 13.0 Å². The van der Waals surface area contributed by atoms with Gasteiger partial charge in [0.2, 0.25) is 0 Å². The molecule has 1 atom stereocenters. The zero-order valence-electron chi connectivity index (χ0n) is 11.0. The van der Waals surface area contributed by atoms with Crippen LogP contribution in [0, 0.1) is 0 Å². The number of hydrogen-bond donors (Lipinski definition) is 0. The molecule has 94 valence electrons. The van der Waals surface area contributed by atoms with Crippen LogP contribution in [0.1, 0.15) is 45.6 Å². The molecule has 0 aromatic heterocycles. The molecule has 0 bridgehead atoms. The molecule has 17 heavy (non-hydrogen) atoms. The molecule has 1 rings (SSSR count). The monoisotopic (exact) mass is 234 g/mol. The van der Waals surface area contributed by atoms with Gasteiger partial charge in [-0.25, -0.2) is 0 Å². The summed E-state index contributed by atoms with van der Waals surface area (Å²) in [5, 5.41) is 0. The number of ether oxygens (including phenoxy) is 1. The maximum Gasteiger partial charge on any atom is 0.306 e. The topological polar surface area (TPSA) is 26.3 Å². The molecule has 0 spiro atoms. The minimum absolute atomic E-state index is 0.104. The van der Waals surface area contributed by atoms with E-state index in [0.717, 1.165) is 12.8 Å². The molecule has 0 aliphatic heterocycles. The average Bonchev–Trinajstić information content (AvgIpc) is 2.30. The summed E-state index contributed by atoms with van der Waals surface area (Å²) in [5.74, 6) is -0.104. The summed E-state index contributed by atoms with van der Waals surface area (Å²) < 4.78 is 5.07. The second-order valence-electron chi connectivity index (χ2n) is 4.66. The van der Waals surface area contributed by atoms with E-state index in [2.05, 4.69) is 26.0 Å². The van der Waals surface area contributed by atoms with Crippen LogP contribution >= 0.6 is 0 Å². The van der Waals surface area contributed by atoms with E-state index in [1.165, 1.54) is 5.56 Å². The number of benzene rings is 1. The average molecular weight is 234 g/mol. The summed E-state index contributed by atoms with van der Waals surface area (Å²) in [6, 6.07) is 10.2. The van der Waals surface area contributed by atoms with E-state index < -0.39 is 0 Å². The first-order valence-electron chi connectivity index (χ1n) is 6.33. The van der Waals surface area contributed by atoms with Crippen LogP contribution in [0.5, 0.6) is 0 Å². The van der Waals surface area contributed by atoms with Gasteiger partial charge in [-0.3, -0.25) is 4.79 Å². The minimum atomic E-state index is -0.109. The van der Waals surface area contributed by atoms with Crippen LogP contribution in [0.4, 0.5) is 0 Å². The van der Waals surface area contributed by atoms with Gasteiger partial charge in [-0.1, -0.05) is 50.6 Å². The van der Waals surface area contributed by atoms with Crippen molar-refractivity contribution in [2.75, 3.05) is 6.61 Å². The first kappa shape index (κ1) is 13.8. The summed E-state index contributed by atoms with van der Waals surface area (Å²) in [7, 11) is 0. The Morgan fingerprint density at radius 1 is 1.24 bits per heavy atom. The van der Waals surface area contributed by atoms with Gasteiger partial charge in [-0.05, 0) is 18.9 Å². The summed E-state index contributed by atoms with van der Waals surface area (Å²) in [6.07, 6.45) is 2.51. The molecule has 0 fully saturated rings. The van der Waals surface area contributed by atoms with Crippen LogP contribution in [0.15, 0.2) is 30.3 Å².